The van der Waals surface area contributed by atoms with Crippen LogP contribution in [0.25, 0.3) is 0 Å². The molecule has 0 radical (unpaired) electrons. The van der Waals surface area contributed by atoms with E-state index in [1.54, 1.807) is 0 Å². The average Bonchev–Trinajstić information content (AvgIpc) is 2.28. The average molecular weight is 290 g/mol. The highest BCUT2D eigenvalue weighted by atomic mass is 35.5. The monoisotopic (exact) mass is 289 g/mol. The number of hydrogen-bond donors (Lipinski definition) is 2. The number of nitrogens with one attached hydrogen (secondary N) is 1. The van der Waals surface area contributed by atoms with Crippen LogP contribution in [0.3, 0.4) is 0 Å². The number of nitrogen functional groups attached to an aromatic ring is 1. The summed E-state index contributed by atoms with van der Waals surface area (Å²) in [5, 5.41) is 2.62. The molecule has 1 aliphatic rings. The van der Waals surface area contributed by atoms with Crippen molar-refractivity contribution in [3.8, 4) is 0 Å². The summed E-state index contributed by atoms with van der Waals surface area (Å²) in [5.74, 6) is -0.323. The number of carbonyl (C=O) groups excluding carboxylic acids is 1. The van der Waals surface area contributed by atoms with Gasteiger partial charge < -0.3 is 11.1 Å². The number of piperazine rings is 1. The van der Waals surface area contributed by atoms with Crippen molar-refractivity contribution in [2.45, 2.75) is 4.90 Å². The van der Waals surface area contributed by atoms with Crippen LogP contribution in [-0.4, -0.2) is 38.3 Å². The largest absolute Gasteiger partial charge is 0.399 e. The summed E-state index contributed by atoms with van der Waals surface area (Å²) >= 11 is 5.88. The molecule has 98 valence electrons. The number of nitrogens with two attached hydrogens (primary N) is 1. The molecule has 0 aromatic heterocycles. The van der Waals surface area contributed by atoms with Gasteiger partial charge in [0.25, 0.3) is 0 Å². The van der Waals surface area contributed by atoms with Gasteiger partial charge in [0.05, 0.1) is 11.6 Å². The van der Waals surface area contributed by atoms with Gasteiger partial charge in [-0.3, -0.25) is 4.79 Å². The lowest BCUT2D eigenvalue weighted by molar-refractivity contribution is -0.122. The second-order valence-electron chi connectivity index (χ2n) is 3.88. The van der Waals surface area contributed by atoms with Crippen molar-refractivity contribution in [1.29, 1.82) is 0 Å². The molecule has 3 N–H and O–H groups in total. The molecule has 1 fully saturated rings. The first-order valence-corrected chi connectivity index (χ1v) is 7.05. The Hall–Kier alpha value is -1.31. The number of benzene rings is 1. The Bertz CT molecular complexity index is 588. The van der Waals surface area contributed by atoms with Gasteiger partial charge in [-0.2, -0.15) is 4.31 Å². The Balaban J connectivity index is 2.38. The molecule has 0 bridgehead atoms. The van der Waals surface area contributed by atoms with E-state index in [0.717, 1.165) is 4.31 Å². The minimum Gasteiger partial charge on any atom is -0.399 e. The molecule has 1 aromatic carbocycles. The molecule has 0 saturated carbocycles. The van der Waals surface area contributed by atoms with E-state index in [1.165, 1.54) is 18.2 Å². The highest BCUT2D eigenvalue weighted by Crippen LogP contribution is 2.26. The lowest BCUT2D eigenvalue weighted by Crippen LogP contribution is -2.49. The van der Waals surface area contributed by atoms with E-state index >= 15 is 0 Å². The zero-order valence-corrected chi connectivity index (χ0v) is 11.0. The van der Waals surface area contributed by atoms with Gasteiger partial charge in [0.2, 0.25) is 15.9 Å². The van der Waals surface area contributed by atoms with Crippen LogP contribution in [0.1, 0.15) is 0 Å². The maximum atomic E-state index is 12.3. The van der Waals surface area contributed by atoms with Crippen molar-refractivity contribution < 1.29 is 13.2 Å². The molecule has 1 aliphatic heterocycles. The van der Waals surface area contributed by atoms with Crippen LogP contribution < -0.4 is 11.1 Å². The van der Waals surface area contributed by atoms with Crippen LogP contribution in [0.4, 0.5) is 5.69 Å². The quantitative estimate of drug-likeness (QED) is 0.752. The van der Waals surface area contributed by atoms with Gasteiger partial charge in [-0.15, -0.1) is 0 Å². The van der Waals surface area contributed by atoms with Gasteiger partial charge in [0.1, 0.15) is 4.90 Å². The van der Waals surface area contributed by atoms with E-state index in [0.29, 0.717) is 12.2 Å². The topological polar surface area (TPSA) is 92.5 Å². The molecule has 18 heavy (non-hydrogen) atoms. The number of halogens is 1. The summed E-state index contributed by atoms with van der Waals surface area (Å²) in [5.41, 5.74) is 5.90. The lowest BCUT2D eigenvalue weighted by atomic mass is 10.3. The highest BCUT2D eigenvalue weighted by molar-refractivity contribution is 7.89. The normalized spacial score (nSPS) is 17.5. The molecule has 0 unspecified atom stereocenters. The Morgan fingerprint density at radius 2 is 2.11 bits per heavy atom. The number of amides is 1. The SMILES string of the molecule is Nc1ccc(S(=O)(=O)N2CCNC(=O)C2)c(Cl)c1. The molecule has 0 aliphatic carbocycles. The van der Waals surface area contributed by atoms with Crippen molar-refractivity contribution in [3.63, 3.8) is 0 Å². The number of anilines is 1. The zero-order valence-electron chi connectivity index (χ0n) is 9.39. The van der Waals surface area contributed by atoms with Gasteiger partial charge >= 0.3 is 0 Å². The summed E-state index contributed by atoms with van der Waals surface area (Å²) in [7, 11) is -3.76. The summed E-state index contributed by atoms with van der Waals surface area (Å²) < 4.78 is 25.7. The van der Waals surface area contributed by atoms with Crippen LogP contribution >= 0.6 is 11.6 Å². The van der Waals surface area contributed by atoms with Gasteiger partial charge in [0.15, 0.2) is 0 Å². The first-order valence-electron chi connectivity index (χ1n) is 5.23. The first kappa shape index (κ1) is 13.1. The van der Waals surface area contributed by atoms with Gasteiger partial charge in [-0.25, -0.2) is 8.42 Å². The van der Waals surface area contributed by atoms with E-state index in [4.69, 9.17) is 17.3 Å². The van der Waals surface area contributed by atoms with E-state index < -0.39 is 10.0 Å². The molecule has 0 spiro atoms. The van der Waals surface area contributed by atoms with E-state index in [-0.39, 0.29) is 28.9 Å². The van der Waals surface area contributed by atoms with Crippen LogP contribution in [0.2, 0.25) is 5.02 Å². The molecule has 1 amide bonds. The van der Waals surface area contributed by atoms with Crippen LogP contribution in [-0.2, 0) is 14.8 Å². The van der Waals surface area contributed by atoms with Crippen LogP contribution in [0, 0.1) is 0 Å². The lowest BCUT2D eigenvalue weighted by Gasteiger charge is -2.26. The van der Waals surface area contributed by atoms with Crippen molar-refractivity contribution in [2.75, 3.05) is 25.4 Å². The number of rotatable bonds is 2. The van der Waals surface area contributed by atoms with Crippen molar-refractivity contribution in [2.24, 2.45) is 0 Å². The molecular weight excluding hydrogens is 278 g/mol. The predicted molar refractivity (Wildman–Crippen MR) is 67.6 cm³/mol. The smallest absolute Gasteiger partial charge is 0.245 e. The summed E-state index contributed by atoms with van der Waals surface area (Å²) in [6, 6.07) is 4.18. The van der Waals surface area contributed by atoms with E-state index in [2.05, 4.69) is 5.32 Å². The second-order valence-corrected chi connectivity index (χ2v) is 6.19. The zero-order chi connectivity index (χ0) is 13.3. The van der Waals surface area contributed by atoms with Crippen LogP contribution in [0.15, 0.2) is 23.1 Å². The number of nitrogens with zero attached hydrogens (tertiary/aromatic N) is 1. The fourth-order valence-electron chi connectivity index (χ4n) is 1.69. The summed E-state index contributed by atoms with van der Waals surface area (Å²) in [4.78, 5) is 11.2. The number of carbonyl (C=O) groups is 1. The molecule has 1 aromatic rings. The van der Waals surface area contributed by atoms with Crippen molar-refractivity contribution in [1.82, 2.24) is 9.62 Å². The minimum absolute atomic E-state index is 0.0342. The van der Waals surface area contributed by atoms with Gasteiger partial charge in [0, 0.05) is 18.8 Å². The Kier molecular flexibility index (Phi) is 3.47. The number of sulfonamides is 1. The third-order valence-corrected chi connectivity index (χ3v) is 4.91. The molecule has 1 saturated heterocycles. The Labute approximate surface area is 110 Å². The van der Waals surface area contributed by atoms with Gasteiger partial charge in [-0.05, 0) is 18.2 Å². The third kappa shape index (κ3) is 2.43. The maximum absolute atomic E-state index is 12.3. The van der Waals surface area contributed by atoms with Crippen LogP contribution in [0.5, 0.6) is 0 Å². The van der Waals surface area contributed by atoms with Crippen molar-refractivity contribution in [3.05, 3.63) is 23.2 Å². The van der Waals surface area contributed by atoms with E-state index in [9.17, 15) is 13.2 Å². The third-order valence-electron chi connectivity index (χ3n) is 2.58. The highest BCUT2D eigenvalue weighted by Gasteiger charge is 2.30. The first-order chi connectivity index (χ1) is 8.41. The Morgan fingerprint density at radius 1 is 1.39 bits per heavy atom. The van der Waals surface area contributed by atoms with E-state index in [1.807, 2.05) is 0 Å². The standard InChI is InChI=1S/C10H12ClN3O3S/c11-8-5-7(12)1-2-9(8)18(16,17)14-4-3-13-10(15)6-14/h1-2,5H,3-4,6,12H2,(H,13,15). The fourth-order valence-corrected chi connectivity index (χ4v) is 3.61. The molecule has 0 atom stereocenters. The number of hydrogen-bond acceptors (Lipinski definition) is 4. The molecular formula is C10H12ClN3O3S. The molecule has 8 heteroatoms. The maximum Gasteiger partial charge on any atom is 0.245 e. The van der Waals surface area contributed by atoms with Crippen molar-refractivity contribution >= 4 is 33.2 Å². The molecule has 2 rings (SSSR count). The Morgan fingerprint density at radius 3 is 2.72 bits per heavy atom. The predicted octanol–water partition coefficient (Wildman–Crippen LogP) is 0.0427. The summed E-state index contributed by atoms with van der Waals surface area (Å²) in [6.45, 7) is 0.336. The van der Waals surface area contributed by atoms with Gasteiger partial charge in [-0.1, -0.05) is 11.6 Å². The minimum atomic E-state index is -3.76. The molecule has 1 heterocycles. The fraction of sp³-hybridized carbons (Fsp3) is 0.300. The second kappa shape index (κ2) is 4.75. The summed E-state index contributed by atoms with van der Waals surface area (Å²) in [6.07, 6.45) is 0. The molecule has 6 nitrogen and oxygen atoms in total.